The maximum atomic E-state index is 13.1. The molecule has 80 valence electrons. The summed E-state index contributed by atoms with van der Waals surface area (Å²) < 4.78 is 37.8. The van der Waals surface area contributed by atoms with Gasteiger partial charge in [0.05, 0.1) is 12.5 Å². The number of rotatable bonds is 3. The number of nitrogens with two attached hydrogens (primary N) is 1. The van der Waals surface area contributed by atoms with Gasteiger partial charge in [0.2, 0.25) is 5.95 Å². The summed E-state index contributed by atoms with van der Waals surface area (Å²) in [5.41, 5.74) is 4.62. The smallest absolute Gasteiger partial charge is 0.280 e. The number of hydrogen-bond donors (Lipinski definition) is 1. The van der Waals surface area contributed by atoms with Gasteiger partial charge < -0.3 is 5.73 Å². The number of pyridine rings is 1. The van der Waals surface area contributed by atoms with E-state index >= 15 is 0 Å². The molecule has 1 aromatic heterocycles. The van der Waals surface area contributed by atoms with Crippen LogP contribution in [0.4, 0.5) is 13.2 Å². The van der Waals surface area contributed by atoms with Crippen LogP contribution in [0.25, 0.3) is 0 Å². The van der Waals surface area contributed by atoms with Gasteiger partial charge in [0.25, 0.3) is 6.43 Å². The van der Waals surface area contributed by atoms with Crippen LogP contribution in [0.5, 0.6) is 0 Å². The van der Waals surface area contributed by atoms with E-state index in [1.165, 1.54) is 0 Å². The van der Waals surface area contributed by atoms with Gasteiger partial charge in [0, 0.05) is 12.1 Å². The van der Waals surface area contributed by atoms with Crippen molar-refractivity contribution in [1.29, 1.82) is 5.26 Å². The number of nitriles is 1. The minimum absolute atomic E-state index is 0.0117. The third kappa shape index (κ3) is 2.44. The molecule has 3 nitrogen and oxygen atoms in total. The number of hydrogen-bond acceptors (Lipinski definition) is 3. The van der Waals surface area contributed by atoms with E-state index < -0.39 is 18.1 Å². The number of halogens is 3. The first-order chi connectivity index (χ1) is 7.10. The second-order valence-corrected chi connectivity index (χ2v) is 2.82. The summed E-state index contributed by atoms with van der Waals surface area (Å²) in [7, 11) is 0. The Kier molecular flexibility index (Phi) is 3.63. The molecule has 0 bridgehead atoms. The SMILES string of the molecule is N#CCc1cc(CN)c(C(F)F)nc1F. The van der Waals surface area contributed by atoms with E-state index in [1.807, 2.05) is 0 Å². The zero-order chi connectivity index (χ0) is 11.4. The fraction of sp³-hybridized carbons (Fsp3) is 0.333. The van der Waals surface area contributed by atoms with Crippen LogP contribution in [0.15, 0.2) is 6.07 Å². The lowest BCUT2D eigenvalue weighted by Gasteiger charge is -2.08. The van der Waals surface area contributed by atoms with Crippen LogP contribution in [0, 0.1) is 17.3 Å². The summed E-state index contributed by atoms with van der Waals surface area (Å²) in [6.45, 7) is -0.161. The normalized spacial score (nSPS) is 10.4. The first-order valence-corrected chi connectivity index (χ1v) is 4.13. The quantitative estimate of drug-likeness (QED) is 0.780. The standard InChI is InChI=1S/C9H8F3N3/c10-8(11)7-6(4-14)3-5(1-2-13)9(12)15-7/h3,8H,1,4,14H2. The maximum absolute atomic E-state index is 13.1. The molecule has 0 aromatic carbocycles. The topological polar surface area (TPSA) is 62.7 Å². The van der Waals surface area contributed by atoms with E-state index in [0.717, 1.165) is 6.07 Å². The number of nitrogens with zero attached hydrogens (tertiary/aromatic N) is 2. The van der Waals surface area contributed by atoms with Crippen molar-refractivity contribution in [2.45, 2.75) is 19.4 Å². The third-order valence-electron chi connectivity index (χ3n) is 1.86. The fourth-order valence-electron chi connectivity index (χ4n) is 1.15. The van der Waals surface area contributed by atoms with E-state index in [-0.39, 0.29) is 24.1 Å². The molecule has 1 aromatic rings. The van der Waals surface area contributed by atoms with Crippen molar-refractivity contribution in [3.8, 4) is 6.07 Å². The highest BCUT2D eigenvalue weighted by Gasteiger charge is 2.17. The van der Waals surface area contributed by atoms with Crippen LogP contribution < -0.4 is 5.73 Å². The molecule has 0 aliphatic rings. The zero-order valence-electron chi connectivity index (χ0n) is 7.67. The van der Waals surface area contributed by atoms with Crippen LogP contribution in [0.1, 0.15) is 23.2 Å². The van der Waals surface area contributed by atoms with Crippen molar-refractivity contribution in [3.05, 3.63) is 28.8 Å². The minimum Gasteiger partial charge on any atom is -0.326 e. The lowest BCUT2D eigenvalue weighted by molar-refractivity contribution is 0.143. The summed E-state index contributed by atoms with van der Waals surface area (Å²) >= 11 is 0. The molecule has 1 heterocycles. The second-order valence-electron chi connectivity index (χ2n) is 2.82. The van der Waals surface area contributed by atoms with Crippen molar-refractivity contribution in [3.63, 3.8) is 0 Å². The maximum Gasteiger partial charge on any atom is 0.280 e. The highest BCUT2D eigenvalue weighted by Crippen LogP contribution is 2.22. The highest BCUT2D eigenvalue weighted by molar-refractivity contribution is 5.28. The molecule has 0 saturated heterocycles. The average molecular weight is 215 g/mol. The van der Waals surface area contributed by atoms with Crippen molar-refractivity contribution >= 4 is 0 Å². The molecule has 0 saturated carbocycles. The summed E-state index contributed by atoms with van der Waals surface area (Å²) in [5.74, 6) is -1.04. The van der Waals surface area contributed by atoms with E-state index in [9.17, 15) is 13.2 Å². The van der Waals surface area contributed by atoms with E-state index in [2.05, 4.69) is 4.98 Å². The van der Waals surface area contributed by atoms with Crippen LogP contribution in [0.2, 0.25) is 0 Å². The van der Waals surface area contributed by atoms with Gasteiger partial charge >= 0.3 is 0 Å². The molecule has 2 N–H and O–H groups in total. The molecule has 1 rings (SSSR count). The first kappa shape index (κ1) is 11.5. The largest absolute Gasteiger partial charge is 0.326 e. The number of alkyl halides is 2. The molecule has 0 unspecified atom stereocenters. The molecular weight excluding hydrogens is 207 g/mol. The van der Waals surface area contributed by atoms with E-state index in [0.29, 0.717) is 0 Å². The Morgan fingerprint density at radius 2 is 2.13 bits per heavy atom. The first-order valence-electron chi connectivity index (χ1n) is 4.13. The summed E-state index contributed by atoms with van der Waals surface area (Å²) in [6.07, 6.45) is -3.08. The predicted octanol–water partition coefficient (Wildman–Crippen LogP) is 1.68. The molecule has 0 aliphatic heterocycles. The Morgan fingerprint density at radius 1 is 1.47 bits per heavy atom. The monoisotopic (exact) mass is 215 g/mol. The molecule has 0 fully saturated rings. The van der Waals surface area contributed by atoms with Gasteiger partial charge in [-0.25, -0.2) is 13.8 Å². The van der Waals surface area contributed by atoms with Gasteiger partial charge in [-0.3, -0.25) is 0 Å². The lowest BCUT2D eigenvalue weighted by Crippen LogP contribution is -2.08. The lowest BCUT2D eigenvalue weighted by atomic mass is 10.1. The van der Waals surface area contributed by atoms with Crippen LogP contribution >= 0.6 is 0 Å². The van der Waals surface area contributed by atoms with E-state index in [1.54, 1.807) is 6.07 Å². The second kappa shape index (κ2) is 4.75. The summed E-state index contributed by atoms with van der Waals surface area (Å²) in [5, 5.41) is 8.36. The molecule has 0 radical (unpaired) electrons. The van der Waals surface area contributed by atoms with Gasteiger partial charge in [0.1, 0.15) is 5.69 Å². The molecule has 6 heteroatoms. The fourth-order valence-corrected chi connectivity index (χ4v) is 1.15. The third-order valence-corrected chi connectivity index (χ3v) is 1.86. The Balaban J connectivity index is 3.24. The molecular formula is C9H8F3N3. The Bertz CT molecular complexity index is 398. The van der Waals surface area contributed by atoms with Crippen molar-refractivity contribution < 1.29 is 13.2 Å². The molecule has 0 spiro atoms. The summed E-state index contributed by atoms with van der Waals surface area (Å²) in [4.78, 5) is 3.11. The zero-order valence-corrected chi connectivity index (χ0v) is 7.67. The van der Waals surface area contributed by atoms with Gasteiger partial charge in [-0.1, -0.05) is 0 Å². The van der Waals surface area contributed by atoms with Gasteiger partial charge in [-0.2, -0.15) is 9.65 Å². The average Bonchev–Trinajstić information content (AvgIpc) is 2.20. The van der Waals surface area contributed by atoms with Gasteiger partial charge in [-0.05, 0) is 11.6 Å². The summed E-state index contributed by atoms with van der Waals surface area (Å²) in [6, 6.07) is 2.88. The van der Waals surface area contributed by atoms with Crippen LogP contribution in [-0.4, -0.2) is 4.98 Å². The van der Waals surface area contributed by atoms with Crippen molar-refractivity contribution in [2.75, 3.05) is 0 Å². The molecule has 0 atom stereocenters. The molecule has 15 heavy (non-hydrogen) atoms. The highest BCUT2D eigenvalue weighted by atomic mass is 19.3. The Labute approximate surface area is 84.3 Å². The van der Waals surface area contributed by atoms with Crippen molar-refractivity contribution in [1.82, 2.24) is 4.98 Å². The predicted molar refractivity (Wildman–Crippen MR) is 46.4 cm³/mol. The van der Waals surface area contributed by atoms with Gasteiger partial charge in [-0.15, -0.1) is 0 Å². The van der Waals surface area contributed by atoms with Crippen molar-refractivity contribution in [2.24, 2.45) is 5.73 Å². The Hall–Kier alpha value is -1.61. The van der Waals surface area contributed by atoms with E-state index in [4.69, 9.17) is 11.0 Å². The Morgan fingerprint density at radius 3 is 2.60 bits per heavy atom. The molecule has 0 amide bonds. The van der Waals surface area contributed by atoms with Crippen LogP contribution in [0.3, 0.4) is 0 Å². The molecule has 0 aliphatic carbocycles. The number of aromatic nitrogens is 1. The van der Waals surface area contributed by atoms with Crippen LogP contribution in [-0.2, 0) is 13.0 Å². The minimum atomic E-state index is -2.87. The van der Waals surface area contributed by atoms with Gasteiger partial charge in [0.15, 0.2) is 0 Å².